The molecule has 7 rings (SSSR count). The maximum atomic E-state index is 13.4. The zero-order valence-corrected chi connectivity index (χ0v) is 31.5. The van der Waals surface area contributed by atoms with Gasteiger partial charge in [-0.2, -0.15) is 0 Å². The average molecular weight is 738 g/mol. The highest BCUT2D eigenvalue weighted by molar-refractivity contribution is 6.07. The summed E-state index contributed by atoms with van der Waals surface area (Å²) in [5.74, 6) is 0.959. The first kappa shape index (κ1) is 37.2. The molecule has 2 fully saturated rings. The van der Waals surface area contributed by atoms with Crippen molar-refractivity contribution in [2.45, 2.75) is 51.7 Å². The Hall–Kier alpha value is -6.09. The molecular formula is C46H47N3O6. The van der Waals surface area contributed by atoms with E-state index < -0.39 is 5.97 Å². The molecule has 5 aromatic rings. The van der Waals surface area contributed by atoms with Crippen LogP contribution in [-0.2, 0) is 11.3 Å². The van der Waals surface area contributed by atoms with Crippen molar-refractivity contribution in [3.8, 4) is 22.6 Å². The Labute approximate surface area is 322 Å². The smallest absolute Gasteiger partial charge is 0.337 e. The Bertz CT molecular complexity index is 2080. The van der Waals surface area contributed by atoms with Gasteiger partial charge in [-0.05, 0) is 110 Å². The number of esters is 1. The normalized spacial score (nSPS) is 14.6. The van der Waals surface area contributed by atoms with E-state index in [1.165, 1.54) is 13.5 Å². The molecule has 0 radical (unpaired) electrons. The van der Waals surface area contributed by atoms with Gasteiger partial charge in [0, 0.05) is 50.1 Å². The molecule has 2 saturated heterocycles. The lowest BCUT2D eigenvalue weighted by Crippen LogP contribution is -2.41. The number of hydrogen-bond acceptors (Lipinski definition) is 7. The lowest BCUT2D eigenvalue weighted by atomic mass is 10.0. The number of ether oxygens (including phenoxy) is 3. The molecule has 0 bridgehead atoms. The number of likely N-dealkylation sites (tertiary alicyclic amines) is 1. The topological polar surface area (TPSA) is 97.4 Å². The van der Waals surface area contributed by atoms with Gasteiger partial charge in [-0.15, -0.1) is 0 Å². The number of nitrogens with zero attached hydrogens (tertiary/aromatic N) is 2. The molecule has 0 spiro atoms. The fraction of sp³-hybridized carbons (Fsp3) is 0.283. The van der Waals surface area contributed by atoms with Gasteiger partial charge in [0.15, 0.2) is 0 Å². The van der Waals surface area contributed by atoms with E-state index in [-0.39, 0.29) is 17.9 Å². The molecule has 2 aliphatic rings. The van der Waals surface area contributed by atoms with E-state index in [0.29, 0.717) is 36.5 Å². The minimum atomic E-state index is -0.445. The van der Waals surface area contributed by atoms with E-state index in [9.17, 15) is 14.4 Å². The number of nitrogens with one attached hydrogen (secondary N) is 1. The highest BCUT2D eigenvalue weighted by Gasteiger charge is 2.25. The summed E-state index contributed by atoms with van der Waals surface area (Å²) in [4.78, 5) is 42.7. The fourth-order valence-corrected chi connectivity index (χ4v) is 7.12. The standard InChI is InChI=1S/C46H47N3O6/c1-32-6-10-37(11-7-32)45(51)49-28-24-41(25-29-49)55-40-19-8-33(9-20-40)31-54-39-21-16-35(17-22-39)34-12-14-36(15-13-34)44(50)47-42-30-38(46(52)53-2)18-23-43(42)48-26-4-3-5-27-48/h6-23,30,41H,3-5,24-29,31H2,1-2H3,(H,47,50). The van der Waals surface area contributed by atoms with Gasteiger partial charge in [0.2, 0.25) is 0 Å². The third kappa shape index (κ3) is 9.35. The lowest BCUT2D eigenvalue weighted by molar-refractivity contribution is 0.0589. The minimum absolute atomic E-state index is 0.0747. The molecule has 9 nitrogen and oxygen atoms in total. The summed E-state index contributed by atoms with van der Waals surface area (Å²) in [6.07, 6.45) is 5.04. The first-order valence-electron chi connectivity index (χ1n) is 19.1. The van der Waals surface area contributed by atoms with E-state index in [1.807, 2.05) is 115 Å². The maximum Gasteiger partial charge on any atom is 0.337 e. The predicted molar refractivity (Wildman–Crippen MR) is 215 cm³/mol. The molecule has 0 saturated carbocycles. The van der Waals surface area contributed by atoms with E-state index >= 15 is 0 Å². The van der Waals surface area contributed by atoms with Gasteiger partial charge in [0.05, 0.1) is 24.0 Å². The second-order valence-corrected chi connectivity index (χ2v) is 14.2. The van der Waals surface area contributed by atoms with E-state index in [4.69, 9.17) is 14.2 Å². The van der Waals surface area contributed by atoms with Crippen LogP contribution in [0.1, 0.15) is 74.3 Å². The van der Waals surface area contributed by atoms with Crippen LogP contribution in [0.3, 0.4) is 0 Å². The number of carbonyl (C=O) groups is 3. The van der Waals surface area contributed by atoms with Crippen molar-refractivity contribution >= 4 is 29.2 Å². The van der Waals surface area contributed by atoms with Crippen molar-refractivity contribution in [1.29, 1.82) is 0 Å². The van der Waals surface area contributed by atoms with E-state index in [2.05, 4.69) is 10.2 Å². The summed E-state index contributed by atoms with van der Waals surface area (Å²) >= 11 is 0. The molecule has 55 heavy (non-hydrogen) atoms. The van der Waals surface area contributed by atoms with Gasteiger partial charge in [0.1, 0.15) is 24.2 Å². The molecule has 282 valence electrons. The fourth-order valence-electron chi connectivity index (χ4n) is 7.12. The van der Waals surface area contributed by atoms with Crippen molar-refractivity contribution in [2.75, 3.05) is 43.5 Å². The first-order valence-corrected chi connectivity index (χ1v) is 19.1. The van der Waals surface area contributed by atoms with Crippen LogP contribution in [0, 0.1) is 6.92 Å². The summed E-state index contributed by atoms with van der Waals surface area (Å²) in [6, 6.07) is 36.4. The first-order chi connectivity index (χ1) is 26.8. The SMILES string of the molecule is COC(=O)c1ccc(N2CCCCC2)c(NC(=O)c2ccc(-c3ccc(OCc4ccc(OC5CCN(C(=O)c6ccc(C)cc6)CC5)cc4)cc3)cc2)c1. The second kappa shape index (κ2) is 17.4. The Morgan fingerprint density at radius 3 is 1.93 bits per heavy atom. The number of aryl methyl sites for hydroxylation is 1. The molecule has 2 amide bonds. The van der Waals surface area contributed by atoms with Crippen LogP contribution in [0.15, 0.2) is 115 Å². The molecule has 0 aliphatic carbocycles. The van der Waals surface area contributed by atoms with Crippen LogP contribution in [0.25, 0.3) is 11.1 Å². The number of benzene rings is 5. The Balaban J connectivity index is 0.890. The largest absolute Gasteiger partial charge is 0.490 e. The lowest BCUT2D eigenvalue weighted by Gasteiger charge is -2.32. The predicted octanol–water partition coefficient (Wildman–Crippen LogP) is 8.95. The van der Waals surface area contributed by atoms with Crippen LogP contribution in [0.5, 0.6) is 11.5 Å². The summed E-state index contributed by atoms with van der Waals surface area (Å²) < 4.78 is 17.2. The summed E-state index contributed by atoms with van der Waals surface area (Å²) in [7, 11) is 1.35. The number of amides is 2. The van der Waals surface area contributed by atoms with Crippen LogP contribution >= 0.6 is 0 Å². The molecule has 0 atom stereocenters. The molecule has 5 aromatic carbocycles. The monoisotopic (exact) mass is 737 g/mol. The van der Waals surface area contributed by atoms with Crippen LogP contribution in [0.2, 0.25) is 0 Å². The quantitative estimate of drug-likeness (QED) is 0.135. The van der Waals surface area contributed by atoms with Crippen molar-refractivity contribution in [1.82, 2.24) is 4.90 Å². The number of hydrogen-bond donors (Lipinski definition) is 1. The number of piperidine rings is 2. The zero-order valence-electron chi connectivity index (χ0n) is 31.5. The second-order valence-electron chi connectivity index (χ2n) is 14.2. The van der Waals surface area contributed by atoms with Gasteiger partial charge in [-0.3, -0.25) is 9.59 Å². The highest BCUT2D eigenvalue weighted by atomic mass is 16.5. The van der Waals surface area contributed by atoms with Crippen LogP contribution in [0.4, 0.5) is 11.4 Å². The van der Waals surface area contributed by atoms with Gasteiger partial charge >= 0.3 is 5.97 Å². The molecule has 0 unspecified atom stereocenters. The molecule has 2 heterocycles. The molecule has 0 aromatic heterocycles. The zero-order chi connectivity index (χ0) is 38.1. The average Bonchev–Trinajstić information content (AvgIpc) is 3.24. The summed E-state index contributed by atoms with van der Waals surface area (Å²) in [6.45, 7) is 5.62. The highest BCUT2D eigenvalue weighted by Crippen LogP contribution is 2.31. The third-order valence-corrected chi connectivity index (χ3v) is 10.4. The van der Waals surface area contributed by atoms with E-state index in [1.54, 1.807) is 12.1 Å². The summed E-state index contributed by atoms with van der Waals surface area (Å²) in [5.41, 5.74) is 7.30. The van der Waals surface area contributed by atoms with Crippen molar-refractivity contribution in [3.05, 3.63) is 143 Å². The summed E-state index contributed by atoms with van der Waals surface area (Å²) in [5, 5.41) is 3.05. The molecule has 2 aliphatic heterocycles. The third-order valence-electron chi connectivity index (χ3n) is 10.4. The Morgan fingerprint density at radius 2 is 1.27 bits per heavy atom. The van der Waals surface area contributed by atoms with Crippen molar-refractivity contribution < 1.29 is 28.6 Å². The van der Waals surface area contributed by atoms with Gasteiger partial charge in [0.25, 0.3) is 11.8 Å². The number of methoxy groups -OCH3 is 1. The molecular weight excluding hydrogens is 691 g/mol. The van der Waals surface area contributed by atoms with Crippen molar-refractivity contribution in [2.24, 2.45) is 0 Å². The number of anilines is 2. The van der Waals surface area contributed by atoms with Crippen molar-refractivity contribution in [3.63, 3.8) is 0 Å². The minimum Gasteiger partial charge on any atom is -0.490 e. The number of rotatable bonds is 11. The van der Waals surface area contributed by atoms with Gasteiger partial charge in [-0.25, -0.2) is 4.79 Å². The van der Waals surface area contributed by atoms with Crippen LogP contribution in [-0.4, -0.2) is 62.1 Å². The Morgan fingerprint density at radius 1 is 0.673 bits per heavy atom. The number of carbonyl (C=O) groups excluding carboxylic acids is 3. The maximum absolute atomic E-state index is 13.4. The van der Waals surface area contributed by atoms with E-state index in [0.717, 1.165) is 83.8 Å². The van der Waals surface area contributed by atoms with Crippen LogP contribution < -0.4 is 19.7 Å². The van der Waals surface area contributed by atoms with Gasteiger partial charge < -0.3 is 29.3 Å². The van der Waals surface area contributed by atoms with Gasteiger partial charge in [-0.1, -0.05) is 54.1 Å². The molecule has 9 heteroatoms. The Kier molecular flexibility index (Phi) is 11.8. The molecule has 1 N–H and O–H groups in total.